The van der Waals surface area contributed by atoms with Crippen LogP contribution in [0.15, 0.2) is 48.5 Å². The molecule has 2 aromatic carbocycles. The normalized spacial score (nSPS) is 18.2. The molecule has 6 nitrogen and oxygen atoms in total. The highest BCUT2D eigenvalue weighted by molar-refractivity contribution is 5.95. The first-order valence-electron chi connectivity index (χ1n) is 8.68. The highest BCUT2D eigenvalue weighted by Gasteiger charge is 2.29. The van der Waals surface area contributed by atoms with Crippen molar-refractivity contribution >= 4 is 11.8 Å². The fourth-order valence-electron chi connectivity index (χ4n) is 3.32. The van der Waals surface area contributed by atoms with Crippen molar-refractivity contribution in [2.24, 2.45) is 5.92 Å². The van der Waals surface area contributed by atoms with Crippen LogP contribution in [0.2, 0.25) is 0 Å². The van der Waals surface area contributed by atoms with Crippen LogP contribution in [0.1, 0.15) is 22.3 Å². The number of likely N-dealkylation sites (tertiary alicyclic amines) is 1. The van der Waals surface area contributed by atoms with Gasteiger partial charge in [0.25, 0.3) is 5.91 Å². The Balaban J connectivity index is 1.31. The predicted molar refractivity (Wildman–Crippen MR) is 94.9 cm³/mol. The van der Waals surface area contributed by atoms with Gasteiger partial charge < -0.3 is 19.7 Å². The van der Waals surface area contributed by atoms with Crippen LogP contribution < -0.4 is 14.8 Å². The number of nitrogens with one attached hydrogen (secondary N) is 1. The van der Waals surface area contributed by atoms with E-state index in [9.17, 15) is 9.59 Å². The maximum absolute atomic E-state index is 12.3. The summed E-state index contributed by atoms with van der Waals surface area (Å²) in [6.07, 6.45) is 0.467. The third-order valence-electron chi connectivity index (χ3n) is 4.70. The summed E-state index contributed by atoms with van der Waals surface area (Å²) in [5, 5.41) is 2.92. The van der Waals surface area contributed by atoms with E-state index in [4.69, 9.17) is 9.47 Å². The predicted octanol–water partition coefficient (Wildman–Crippen LogP) is 2.19. The van der Waals surface area contributed by atoms with Crippen LogP contribution in [0.25, 0.3) is 0 Å². The molecular formula is C20H20N2O4. The number of carbonyl (C=O) groups excluding carboxylic acids is 2. The number of ether oxygens (including phenoxy) is 2. The summed E-state index contributed by atoms with van der Waals surface area (Å²) in [6, 6.07) is 15.1. The number of benzene rings is 2. The monoisotopic (exact) mass is 352 g/mol. The molecule has 0 spiro atoms. The van der Waals surface area contributed by atoms with Crippen molar-refractivity contribution in [2.75, 3.05) is 19.9 Å². The van der Waals surface area contributed by atoms with Crippen LogP contribution in [0.3, 0.4) is 0 Å². The maximum Gasteiger partial charge on any atom is 0.251 e. The molecule has 0 saturated carbocycles. The molecular weight excluding hydrogens is 332 g/mol. The van der Waals surface area contributed by atoms with E-state index in [0.717, 1.165) is 5.56 Å². The molecule has 1 unspecified atom stereocenters. The largest absolute Gasteiger partial charge is 0.454 e. The van der Waals surface area contributed by atoms with Gasteiger partial charge in [-0.15, -0.1) is 0 Å². The van der Waals surface area contributed by atoms with Crippen LogP contribution in [0, 0.1) is 5.92 Å². The van der Waals surface area contributed by atoms with E-state index in [0.29, 0.717) is 43.1 Å². The molecule has 0 aliphatic carbocycles. The number of nitrogens with zero attached hydrogens (tertiary/aromatic N) is 1. The van der Waals surface area contributed by atoms with Crippen LogP contribution in [-0.2, 0) is 11.3 Å². The van der Waals surface area contributed by atoms with Gasteiger partial charge in [0.05, 0.1) is 0 Å². The first-order valence-corrected chi connectivity index (χ1v) is 8.68. The number of rotatable bonds is 5. The molecule has 2 heterocycles. The minimum absolute atomic E-state index is 0.129. The molecule has 26 heavy (non-hydrogen) atoms. The lowest BCUT2D eigenvalue weighted by atomic mass is 10.1. The van der Waals surface area contributed by atoms with E-state index in [2.05, 4.69) is 5.32 Å². The van der Waals surface area contributed by atoms with E-state index in [1.165, 1.54) is 0 Å². The standard InChI is InChI=1S/C20H20N2O4/c23-19-8-15(12-22(19)11-14-4-2-1-3-5-14)10-21-20(24)16-6-7-17-18(9-16)26-13-25-17/h1-7,9,15H,8,10-13H2,(H,21,24). The summed E-state index contributed by atoms with van der Waals surface area (Å²) < 4.78 is 10.5. The molecule has 1 fully saturated rings. The molecule has 2 aromatic rings. The Bertz CT molecular complexity index is 822. The minimum atomic E-state index is -0.169. The highest BCUT2D eigenvalue weighted by Crippen LogP contribution is 2.32. The van der Waals surface area contributed by atoms with E-state index >= 15 is 0 Å². The van der Waals surface area contributed by atoms with Crippen molar-refractivity contribution in [3.05, 3.63) is 59.7 Å². The Morgan fingerprint density at radius 2 is 1.92 bits per heavy atom. The molecule has 134 valence electrons. The highest BCUT2D eigenvalue weighted by atomic mass is 16.7. The van der Waals surface area contributed by atoms with Gasteiger partial charge in [-0.1, -0.05) is 30.3 Å². The topological polar surface area (TPSA) is 67.9 Å². The molecule has 4 rings (SSSR count). The Labute approximate surface area is 151 Å². The van der Waals surface area contributed by atoms with Gasteiger partial charge >= 0.3 is 0 Å². The van der Waals surface area contributed by atoms with Gasteiger partial charge in [0.15, 0.2) is 11.5 Å². The van der Waals surface area contributed by atoms with E-state index in [1.807, 2.05) is 35.2 Å². The number of hydrogen-bond donors (Lipinski definition) is 1. The van der Waals surface area contributed by atoms with Gasteiger partial charge in [0, 0.05) is 37.5 Å². The third kappa shape index (κ3) is 3.49. The van der Waals surface area contributed by atoms with E-state index in [1.54, 1.807) is 18.2 Å². The molecule has 2 amide bonds. The molecule has 2 aliphatic heterocycles. The molecule has 0 radical (unpaired) electrons. The van der Waals surface area contributed by atoms with E-state index < -0.39 is 0 Å². The van der Waals surface area contributed by atoms with Crippen molar-refractivity contribution < 1.29 is 19.1 Å². The smallest absolute Gasteiger partial charge is 0.251 e. The SMILES string of the molecule is O=C(NCC1CC(=O)N(Cc2ccccc2)C1)c1ccc2c(c1)OCO2. The van der Waals surface area contributed by atoms with Crippen LogP contribution >= 0.6 is 0 Å². The first kappa shape index (κ1) is 16.4. The molecule has 0 bridgehead atoms. The average Bonchev–Trinajstić information content (AvgIpc) is 3.26. The number of hydrogen-bond acceptors (Lipinski definition) is 4. The lowest BCUT2D eigenvalue weighted by Crippen LogP contribution is -2.31. The van der Waals surface area contributed by atoms with Crippen molar-refractivity contribution in [3.8, 4) is 11.5 Å². The van der Waals surface area contributed by atoms with Gasteiger partial charge in [-0.05, 0) is 23.8 Å². The molecule has 1 atom stereocenters. The molecule has 2 aliphatic rings. The zero-order valence-electron chi connectivity index (χ0n) is 14.3. The second-order valence-electron chi connectivity index (χ2n) is 6.61. The van der Waals surface area contributed by atoms with Gasteiger partial charge in [-0.2, -0.15) is 0 Å². The zero-order valence-corrected chi connectivity index (χ0v) is 14.3. The number of amides is 2. The number of carbonyl (C=O) groups is 2. The molecule has 1 N–H and O–H groups in total. The first-order chi connectivity index (χ1) is 12.7. The molecule has 1 saturated heterocycles. The van der Waals surface area contributed by atoms with Crippen LogP contribution in [0.4, 0.5) is 0 Å². The quantitative estimate of drug-likeness (QED) is 0.896. The summed E-state index contributed by atoms with van der Waals surface area (Å²) >= 11 is 0. The summed E-state index contributed by atoms with van der Waals surface area (Å²) in [5.74, 6) is 1.33. The second-order valence-corrected chi connectivity index (χ2v) is 6.61. The van der Waals surface area contributed by atoms with Crippen molar-refractivity contribution in [1.29, 1.82) is 0 Å². The lowest BCUT2D eigenvalue weighted by Gasteiger charge is -2.17. The maximum atomic E-state index is 12.3. The summed E-state index contributed by atoms with van der Waals surface area (Å²) in [7, 11) is 0. The van der Waals surface area contributed by atoms with Crippen molar-refractivity contribution in [3.63, 3.8) is 0 Å². The Morgan fingerprint density at radius 1 is 1.12 bits per heavy atom. The van der Waals surface area contributed by atoms with E-state index in [-0.39, 0.29) is 24.5 Å². The Kier molecular flexibility index (Phi) is 4.48. The Morgan fingerprint density at radius 3 is 2.77 bits per heavy atom. The van der Waals surface area contributed by atoms with Crippen LogP contribution in [0.5, 0.6) is 11.5 Å². The number of fused-ring (bicyclic) bond motifs is 1. The summed E-state index contributed by atoms with van der Waals surface area (Å²) in [5.41, 5.74) is 1.64. The summed E-state index contributed by atoms with van der Waals surface area (Å²) in [4.78, 5) is 26.4. The third-order valence-corrected chi connectivity index (χ3v) is 4.70. The molecule has 6 heteroatoms. The molecule has 0 aromatic heterocycles. The fraction of sp³-hybridized carbons (Fsp3) is 0.300. The second kappa shape index (κ2) is 7.07. The average molecular weight is 352 g/mol. The minimum Gasteiger partial charge on any atom is -0.454 e. The van der Waals surface area contributed by atoms with Gasteiger partial charge in [-0.25, -0.2) is 0 Å². The van der Waals surface area contributed by atoms with Gasteiger partial charge in [-0.3, -0.25) is 9.59 Å². The van der Waals surface area contributed by atoms with Crippen molar-refractivity contribution in [1.82, 2.24) is 10.2 Å². The van der Waals surface area contributed by atoms with Gasteiger partial charge in [0.1, 0.15) is 0 Å². The van der Waals surface area contributed by atoms with Gasteiger partial charge in [0.2, 0.25) is 12.7 Å². The lowest BCUT2D eigenvalue weighted by molar-refractivity contribution is -0.128. The zero-order chi connectivity index (χ0) is 17.9. The van der Waals surface area contributed by atoms with Crippen LogP contribution in [-0.4, -0.2) is 36.6 Å². The summed E-state index contributed by atoms with van der Waals surface area (Å²) in [6.45, 7) is 1.94. The fourth-order valence-corrected chi connectivity index (χ4v) is 3.32. The van der Waals surface area contributed by atoms with Crippen molar-refractivity contribution in [2.45, 2.75) is 13.0 Å². The Hall–Kier alpha value is -3.02.